The smallest absolute Gasteiger partial charge is 0.00962 e. The topological polar surface area (TPSA) is 26.0 Å². The van der Waals surface area contributed by atoms with Crippen molar-refractivity contribution in [2.45, 2.75) is 46.1 Å². The van der Waals surface area contributed by atoms with Crippen LogP contribution in [0.4, 0.5) is 0 Å². The second-order valence-electron chi connectivity index (χ2n) is 4.40. The van der Waals surface area contributed by atoms with E-state index in [0.717, 1.165) is 19.3 Å². The molecule has 0 aliphatic heterocycles. The van der Waals surface area contributed by atoms with Gasteiger partial charge in [0.1, 0.15) is 0 Å². The van der Waals surface area contributed by atoms with Crippen LogP contribution in [0.15, 0.2) is 11.6 Å². The van der Waals surface area contributed by atoms with E-state index in [1.165, 1.54) is 5.57 Å². The van der Waals surface area contributed by atoms with Crippen LogP contribution in [-0.2, 0) is 0 Å². The lowest BCUT2D eigenvalue weighted by atomic mass is 9.79. The van der Waals surface area contributed by atoms with Crippen molar-refractivity contribution < 1.29 is 0 Å². The fourth-order valence-corrected chi connectivity index (χ4v) is 1.82. The predicted molar refractivity (Wildman–Crippen MR) is 49.4 cm³/mol. The van der Waals surface area contributed by atoms with Gasteiger partial charge < -0.3 is 5.73 Å². The highest BCUT2D eigenvalue weighted by atomic mass is 14.7. The van der Waals surface area contributed by atoms with Crippen LogP contribution >= 0.6 is 0 Å². The predicted octanol–water partition coefficient (Wildman–Crippen LogP) is 2.47. The van der Waals surface area contributed by atoms with Crippen molar-refractivity contribution in [1.82, 2.24) is 0 Å². The highest BCUT2D eigenvalue weighted by Gasteiger charge is 2.27. The summed E-state index contributed by atoms with van der Waals surface area (Å²) in [6, 6.07) is 0.371. The number of hydrogen-bond donors (Lipinski definition) is 1. The van der Waals surface area contributed by atoms with Gasteiger partial charge in [-0.05, 0) is 31.6 Å². The van der Waals surface area contributed by atoms with Crippen LogP contribution in [0.1, 0.15) is 40.0 Å². The van der Waals surface area contributed by atoms with E-state index in [0.29, 0.717) is 11.5 Å². The lowest BCUT2D eigenvalue weighted by Gasteiger charge is -2.30. The highest BCUT2D eigenvalue weighted by molar-refractivity contribution is 5.06. The monoisotopic (exact) mass is 153 g/mol. The first kappa shape index (κ1) is 8.79. The Bertz CT molecular complexity index is 168. The lowest BCUT2D eigenvalue weighted by molar-refractivity contribution is 0.278. The van der Waals surface area contributed by atoms with Crippen molar-refractivity contribution in [3.63, 3.8) is 0 Å². The van der Waals surface area contributed by atoms with Gasteiger partial charge in [0.05, 0.1) is 0 Å². The molecule has 0 aromatic carbocycles. The van der Waals surface area contributed by atoms with Crippen molar-refractivity contribution in [1.29, 1.82) is 0 Å². The molecule has 0 radical (unpaired) electrons. The molecule has 0 fully saturated rings. The van der Waals surface area contributed by atoms with Gasteiger partial charge >= 0.3 is 0 Å². The molecular weight excluding hydrogens is 134 g/mol. The third kappa shape index (κ3) is 2.06. The molecule has 11 heavy (non-hydrogen) atoms. The van der Waals surface area contributed by atoms with E-state index >= 15 is 0 Å². The zero-order valence-electron chi connectivity index (χ0n) is 7.85. The molecule has 64 valence electrons. The highest BCUT2D eigenvalue weighted by Crippen LogP contribution is 2.32. The summed E-state index contributed by atoms with van der Waals surface area (Å²) >= 11 is 0. The molecule has 0 amide bonds. The zero-order valence-corrected chi connectivity index (χ0v) is 7.85. The Morgan fingerprint density at radius 1 is 1.55 bits per heavy atom. The Hall–Kier alpha value is -0.300. The van der Waals surface area contributed by atoms with Gasteiger partial charge in [-0.1, -0.05) is 25.5 Å². The van der Waals surface area contributed by atoms with Gasteiger partial charge in [0, 0.05) is 6.04 Å². The Morgan fingerprint density at radius 2 is 2.18 bits per heavy atom. The maximum Gasteiger partial charge on any atom is 0.00962 e. The summed E-state index contributed by atoms with van der Waals surface area (Å²) in [5.41, 5.74) is 7.85. The van der Waals surface area contributed by atoms with Crippen molar-refractivity contribution in [2.24, 2.45) is 11.1 Å². The molecular formula is C10H19N. The number of rotatable bonds is 0. The maximum absolute atomic E-state index is 6.04. The largest absolute Gasteiger partial charge is 0.327 e. The first-order valence-electron chi connectivity index (χ1n) is 4.43. The van der Waals surface area contributed by atoms with Crippen LogP contribution in [0.3, 0.4) is 0 Å². The third-order valence-electron chi connectivity index (χ3n) is 2.71. The molecule has 1 nitrogen and oxygen atoms in total. The molecule has 0 saturated carbocycles. The van der Waals surface area contributed by atoms with Gasteiger partial charge in [-0.2, -0.15) is 0 Å². The van der Waals surface area contributed by atoms with E-state index in [4.69, 9.17) is 5.73 Å². The molecule has 1 atom stereocenters. The van der Waals surface area contributed by atoms with Crippen molar-refractivity contribution >= 4 is 0 Å². The van der Waals surface area contributed by atoms with E-state index in [-0.39, 0.29) is 0 Å². The minimum Gasteiger partial charge on any atom is -0.327 e. The van der Waals surface area contributed by atoms with Crippen LogP contribution in [0.2, 0.25) is 0 Å². The summed E-state index contributed by atoms with van der Waals surface area (Å²) in [6.07, 6.45) is 5.80. The van der Waals surface area contributed by atoms with E-state index < -0.39 is 0 Å². The maximum atomic E-state index is 6.04. The van der Waals surface area contributed by atoms with E-state index in [2.05, 4.69) is 26.8 Å². The molecule has 0 aromatic heterocycles. The molecule has 1 heteroatoms. The summed E-state index contributed by atoms with van der Waals surface area (Å²) in [7, 11) is 0. The minimum absolute atomic E-state index is 0.303. The molecule has 0 saturated heterocycles. The summed E-state index contributed by atoms with van der Waals surface area (Å²) in [4.78, 5) is 0. The van der Waals surface area contributed by atoms with E-state index in [1.807, 2.05) is 0 Å². The molecule has 1 unspecified atom stereocenters. The third-order valence-corrected chi connectivity index (χ3v) is 2.71. The summed E-state index contributed by atoms with van der Waals surface area (Å²) in [5, 5.41) is 0. The average Bonchev–Trinajstić information content (AvgIpc) is 1.93. The van der Waals surface area contributed by atoms with Gasteiger partial charge in [0.2, 0.25) is 0 Å². The number of hydrogen-bond acceptors (Lipinski definition) is 1. The summed E-state index contributed by atoms with van der Waals surface area (Å²) < 4.78 is 0. The second-order valence-corrected chi connectivity index (χ2v) is 4.40. The first-order valence-corrected chi connectivity index (χ1v) is 4.43. The molecule has 0 bridgehead atoms. The van der Waals surface area contributed by atoms with E-state index in [9.17, 15) is 0 Å². The lowest BCUT2D eigenvalue weighted by Crippen LogP contribution is -2.36. The van der Waals surface area contributed by atoms with Gasteiger partial charge in [-0.3, -0.25) is 0 Å². The van der Waals surface area contributed by atoms with Gasteiger partial charge in [0.15, 0.2) is 0 Å². The Labute approximate surface area is 69.7 Å². The fourth-order valence-electron chi connectivity index (χ4n) is 1.82. The van der Waals surface area contributed by atoms with Crippen LogP contribution in [0.5, 0.6) is 0 Å². The van der Waals surface area contributed by atoms with Gasteiger partial charge in [0.25, 0.3) is 0 Å². The molecule has 2 N–H and O–H groups in total. The fraction of sp³-hybridized carbons (Fsp3) is 0.800. The van der Waals surface area contributed by atoms with E-state index in [1.54, 1.807) is 0 Å². The molecule has 0 aromatic rings. The van der Waals surface area contributed by atoms with Crippen LogP contribution in [0.25, 0.3) is 0 Å². The molecule has 1 rings (SSSR count). The Morgan fingerprint density at radius 3 is 2.82 bits per heavy atom. The standard InChI is InChI=1S/C10H19N/c1-8-5-4-6-9(11)10(2,3)7-8/h5,9H,4,6-7,11H2,1-3H3. The molecule has 0 heterocycles. The number of allylic oxidation sites excluding steroid dienone is 2. The number of nitrogens with two attached hydrogens (primary N) is 1. The normalized spacial score (nSPS) is 30.9. The van der Waals surface area contributed by atoms with Crippen LogP contribution < -0.4 is 5.73 Å². The first-order chi connectivity index (χ1) is 5.02. The van der Waals surface area contributed by atoms with Crippen molar-refractivity contribution in [3.05, 3.63) is 11.6 Å². The minimum atomic E-state index is 0.303. The Kier molecular flexibility index (Phi) is 2.38. The van der Waals surface area contributed by atoms with Crippen molar-refractivity contribution in [2.75, 3.05) is 0 Å². The van der Waals surface area contributed by atoms with Crippen molar-refractivity contribution in [3.8, 4) is 0 Å². The second kappa shape index (κ2) is 2.98. The van der Waals surface area contributed by atoms with Crippen LogP contribution in [-0.4, -0.2) is 6.04 Å². The average molecular weight is 153 g/mol. The summed E-state index contributed by atoms with van der Waals surface area (Å²) in [6.45, 7) is 6.74. The Balaban J connectivity index is 2.71. The van der Waals surface area contributed by atoms with Crippen LogP contribution in [0, 0.1) is 5.41 Å². The quantitative estimate of drug-likeness (QED) is 0.531. The molecule has 0 spiro atoms. The molecule has 1 aliphatic rings. The zero-order chi connectivity index (χ0) is 8.48. The molecule has 1 aliphatic carbocycles. The van der Waals surface area contributed by atoms with Gasteiger partial charge in [-0.15, -0.1) is 0 Å². The SMILES string of the molecule is CC1=CCCC(N)C(C)(C)C1. The van der Waals surface area contributed by atoms with Gasteiger partial charge in [-0.25, -0.2) is 0 Å². The summed E-state index contributed by atoms with van der Waals surface area (Å²) in [5.74, 6) is 0.